The molecule has 0 spiro atoms. The van der Waals surface area contributed by atoms with Gasteiger partial charge < -0.3 is 4.74 Å². The first-order chi connectivity index (χ1) is 8.37. The van der Waals surface area contributed by atoms with E-state index in [1.54, 1.807) is 0 Å². The molecule has 0 amide bonds. The molecule has 2 heteroatoms. The van der Waals surface area contributed by atoms with Gasteiger partial charge in [-0.05, 0) is 42.4 Å². The fourth-order valence-electron chi connectivity index (χ4n) is 1.81. The Hall–Kier alpha value is -0.550. The Labute approximate surface area is 115 Å². The predicted molar refractivity (Wildman–Crippen MR) is 83.4 cm³/mol. The predicted octanol–water partition coefficient (Wildman–Crippen LogP) is 5.14. The molecule has 0 fully saturated rings. The SMILES string of the molecule is CCC(P)(CC)Oc1ccc(C(C)(C)CC)cc1. The molecule has 0 aliphatic rings. The third kappa shape index (κ3) is 3.72. The van der Waals surface area contributed by atoms with E-state index < -0.39 is 0 Å². The van der Waals surface area contributed by atoms with Crippen LogP contribution >= 0.6 is 9.24 Å². The van der Waals surface area contributed by atoms with Gasteiger partial charge >= 0.3 is 0 Å². The van der Waals surface area contributed by atoms with E-state index in [0.717, 1.165) is 25.0 Å². The lowest BCUT2D eigenvalue weighted by Gasteiger charge is -2.29. The van der Waals surface area contributed by atoms with Crippen molar-refractivity contribution in [2.75, 3.05) is 0 Å². The fourth-order valence-corrected chi connectivity index (χ4v) is 1.94. The molecule has 1 atom stereocenters. The van der Waals surface area contributed by atoms with Gasteiger partial charge in [-0.1, -0.05) is 56.0 Å². The summed E-state index contributed by atoms with van der Waals surface area (Å²) in [7, 11) is 2.84. The van der Waals surface area contributed by atoms with Gasteiger partial charge in [0.15, 0.2) is 0 Å². The van der Waals surface area contributed by atoms with Crippen LogP contribution in [0.15, 0.2) is 24.3 Å². The summed E-state index contributed by atoms with van der Waals surface area (Å²) in [4.78, 5) is 0. The minimum atomic E-state index is -0.123. The summed E-state index contributed by atoms with van der Waals surface area (Å²) in [5.41, 5.74) is 1.62. The molecule has 0 aliphatic carbocycles. The third-order valence-electron chi connectivity index (χ3n) is 4.04. The molecule has 18 heavy (non-hydrogen) atoms. The number of rotatable bonds is 6. The summed E-state index contributed by atoms with van der Waals surface area (Å²) in [5.74, 6) is 0.962. The average molecular weight is 266 g/mol. The number of hydrogen-bond donors (Lipinski definition) is 0. The maximum absolute atomic E-state index is 6.06. The highest BCUT2D eigenvalue weighted by Crippen LogP contribution is 2.32. The molecular weight excluding hydrogens is 239 g/mol. The Bertz CT molecular complexity index is 363. The van der Waals surface area contributed by atoms with Crippen LogP contribution in [0, 0.1) is 0 Å². The average Bonchev–Trinajstić information content (AvgIpc) is 2.39. The molecule has 102 valence electrons. The first-order valence-corrected chi connectivity index (χ1v) is 7.53. The van der Waals surface area contributed by atoms with E-state index in [0.29, 0.717) is 0 Å². The fraction of sp³-hybridized carbons (Fsp3) is 0.625. The van der Waals surface area contributed by atoms with Gasteiger partial charge in [0.2, 0.25) is 0 Å². The first kappa shape index (κ1) is 15.5. The van der Waals surface area contributed by atoms with E-state index in [1.807, 2.05) is 0 Å². The van der Waals surface area contributed by atoms with Crippen LogP contribution in [0.4, 0.5) is 0 Å². The highest BCUT2D eigenvalue weighted by Gasteiger charge is 2.22. The smallest absolute Gasteiger partial charge is 0.121 e. The molecule has 0 saturated heterocycles. The monoisotopic (exact) mass is 266 g/mol. The number of ether oxygens (including phenoxy) is 1. The largest absolute Gasteiger partial charge is 0.484 e. The van der Waals surface area contributed by atoms with E-state index >= 15 is 0 Å². The van der Waals surface area contributed by atoms with Gasteiger partial charge in [0.25, 0.3) is 0 Å². The second kappa shape index (κ2) is 6.06. The van der Waals surface area contributed by atoms with Crippen LogP contribution in [0.1, 0.15) is 59.4 Å². The van der Waals surface area contributed by atoms with Crippen LogP contribution in [0.2, 0.25) is 0 Å². The zero-order chi connectivity index (χ0) is 13.8. The van der Waals surface area contributed by atoms with Crippen LogP contribution in [0.5, 0.6) is 5.75 Å². The summed E-state index contributed by atoms with van der Waals surface area (Å²) >= 11 is 0. The third-order valence-corrected chi connectivity index (χ3v) is 4.97. The van der Waals surface area contributed by atoms with E-state index in [1.165, 1.54) is 5.56 Å². The molecule has 1 aromatic carbocycles. The van der Waals surface area contributed by atoms with Crippen LogP contribution in [-0.2, 0) is 5.41 Å². The molecule has 0 heterocycles. The summed E-state index contributed by atoms with van der Waals surface area (Å²) < 4.78 is 6.06. The van der Waals surface area contributed by atoms with Crippen LogP contribution in [0.25, 0.3) is 0 Å². The lowest BCUT2D eigenvalue weighted by Crippen LogP contribution is -2.26. The van der Waals surface area contributed by atoms with Gasteiger partial charge in [0, 0.05) is 0 Å². The van der Waals surface area contributed by atoms with E-state index in [9.17, 15) is 0 Å². The molecule has 0 radical (unpaired) electrons. The van der Waals surface area contributed by atoms with Crippen LogP contribution in [0.3, 0.4) is 0 Å². The highest BCUT2D eigenvalue weighted by atomic mass is 31.0. The molecule has 1 rings (SSSR count). The van der Waals surface area contributed by atoms with Crippen molar-refractivity contribution in [1.82, 2.24) is 0 Å². The Balaban J connectivity index is 2.84. The molecule has 0 N–H and O–H groups in total. The highest BCUT2D eigenvalue weighted by molar-refractivity contribution is 7.18. The molecule has 1 unspecified atom stereocenters. The normalized spacial score (nSPS) is 12.6. The lowest BCUT2D eigenvalue weighted by molar-refractivity contribution is 0.155. The van der Waals surface area contributed by atoms with E-state index in [-0.39, 0.29) is 10.8 Å². The second-order valence-corrected chi connectivity index (χ2v) is 6.69. The maximum atomic E-state index is 6.06. The Morgan fingerprint density at radius 3 is 1.83 bits per heavy atom. The van der Waals surface area contributed by atoms with Gasteiger partial charge in [-0.25, -0.2) is 0 Å². The first-order valence-electron chi connectivity index (χ1n) is 6.95. The molecule has 0 saturated carbocycles. The minimum absolute atomic E-state index is 0.123. The van der Waals surface area contributed by atoms with Crippen molar-refractivity contribution in [1.29, 1.82) is 0 Å². The second-order valence-electron chi connectivity index (χ2n) is 5.64. The number of benzene rings is 1. The standard InChI is InChI=1S/C16H27OP/c1-6-15(4,5)13-9-11-14(12-10-13)17-16(18,7-2)8-3/h9-12H,6-8,18H2,1-5H3. The van der Waals surface area contributed by atoms with Crippen molar-refractivity contribution in [3.8, 4) is 5.75 Å². The minimum Gasteiger partial charge on any atom is -0.484 e. The summed E-state index contributed by atoms with van der Waals surface area (Å²) in [5, 5.41) is -0.123. The topological polar surface area (TPSA) is 9.23 Å². The molecule has 0 bridgehead atoms. The van der Waals surface area contributed by atoms with E-state index in [2.05, 4.69) is 68.1 Å². The maximum Gasteiger partial charge on any atom is 0.121 e. The van der Waals surface area contributed by atoms with Crippen LogP contribution in [-0.4, -0.2) is 5.34 Å². The summed E-state index contributed by atoms with van der Waals surface area (Å²) in [6.45, 7) is 11.1. The quantitative estimate of drug-likeness (QED) is 0.647. The summed E-state index contributed by atoms with van der Waals surface area (Å²) in [6, 6.07) is 8.57. The lowest BCUT2D eigenvalue weighted by atomic mass is 9.82. The van der Waals surface area contributed by atoms with Crippen molar-refractivity contribution >= 4 is 9.24 Å². The molecule has 1 nitrogen and oxygen atoms in total. The van der Waals surface area contributed by atoms with Gasteiger partial charge in [0.05, 0.1) is 0 Å². The van der Waals surface area contributed by atoms with E-state index in [4.69, 9.17) is 4.74 Å². The van der Waals surface area contributed by atoms with Gasteiger partial charge in [-0.2, -0.15) is 0 Å². The zero-order valence-corrected chi connectivity index (χ0v) is 13.6. The van der Waals surface area contributed by atoms with Gasteiger partial charge in [-0.3, -0.25) is 0 Å². The molecule has 0 aliphatic heterocycles. The molecular formula is C16H27OP. The summed E-state index contributed by atoms with van der Waals surface area (Å²) in [6.07, 6.45) is 3.14. The zero-order valence-electron chi connectivity index (χ0n) is 12.4. The Kier molecular flexibility index (Phi) is 5.22. The Morgan fingerprint density at radius 2 is 1.44 bits per heavy atom. The van der Waals surface area contributed by atoms with Crippen molar-refractivity contribution in [2.24, 2.45) is 0 Å². The van der Waals surface area contributed by atoms with Gasteiger partial charge in [-0.15, -0.1) is 0 Å². The molecule has 0 aromatic heterocycles. The van der Waals surface area contributed by atoms with Crippen LogP contribution < -0.4 is 4.74 Å². The molecule has 1 aromatic rings. The van der Waals surface area contributed by atoms with Gasteiger partial charge in [0.1, 0.15) is 11.1 Å². The van der Waals surface area contributed by atoms with Crippen molar-refractivity contribution in [2.45, 2.75) is 64.6 Å². The van der Waals surface area contributed by atoms with Crippen molar-refractivity contribution in [3.63, 3.8) is 0 Å². The van der Waals surface area contributed by atoms with Crippen molar-refractivity contribution in [3.05, 3.63) is 29.8 Å². The van der Waals surface area contributed by atoms with Crippen molar-refractivity contribution < 1.29 is 4.74 Å². The number of hydrogen-bond acceptors (Lipinski definition) is 1. The Morgan fingerprint density at radius 1 is 0.944 bits per heavy atom.